The van der Waals surface area contributed by atoms with E-state index in [1.54, 1.807) is 7.11 Å². The van der Waals surface area contributed by atoms with Gasteiger partial charge in [-0.05, 0) is 25.7 Å². The molecule has 1 aromatic heterocycles. The van der Waals surface area contributed by atoms with Crippen LogP contribution in [-0.2, 0) is 28.7 Å². The van der Waals surface area contributed by atoms with E-state index < -0.39 is 0 Å². The number of methoxy groups -OCH3 is 1. The summed E-state index contributed by atoms with van der Waals surface area (Å²) in [4.78, 5) is 9.03. The molecule has 106 valence electrons. The molecule has 0 unspecified atom stereocenters. The van der Waals surface area contributed by atoms with Crippen molar-refractivity contribution in [1.29, 1.82) is 0 Å². The molecule has 0 amide bonds. The maximum Gasteiger partial charge on any atom is 0.136 e. The first-order valence-corrected chi connectivity index (χ1v) is 7.30. The predicted molar refractivity (Wildman–Crippen MR) is 74.7 cm³/mol. The van der Waals surface area contributed by atoms with E-state index in [1.165, 1.54) is 19.3 Å². The minimum Gasteiger partial charge on any atom is -0.382 e. The van der Waals surface area contributed by atoms with Crippen molar-refractivity contribution in [2.24, 2.45) is 0 Å². The number of hydrogen-bond acceptors (Lipinski definition) is 4. The van der Waals surface area contributed by atoms with Crippen LogP contribution in [0.25, 0.3) is 0 Å². The van der Waals surface area contributed by atoms with Crippen LogP contribution in [0.15, 0.2) is 0 Å². The highest BCUT2D eigenvalue weighted by molar-refractivity contribution is 6.30. The zero-order valence-electron chi connectivity index (χ0n) is 11.5. The number of halogens is 1. The Labute approximate surface area is 119 Å². The summed E-state index contributed by atoms with van der Waals surface area (Å²) in [5, 5.41) is 0.638. The molecule has 0 bridgehead atoms. The van der Waals surface area contributed by atoms with Gasteiger partial charge in [0, 0.05) is 24.8 Å². The Morgan fingerprint density at radius 3 is 2.74 bits per heavy atom. The standard InChI is InChI=1S/C14H21ClN2O2/c1-18-9-10-19-8-7-13-16-12-6-4-2-3-5-11(12)14(15)17-13/h2-10H2,1H3. The molecule has 0 saturated carbocycles. The second kappa shape index (κ2) is 7.78. The van der Waals surface area contributed by atoms with Crippen molar-refractivity contribution in [3.05, 3.63) is 22.2 Å². The highest BCUT2D eigenvalue weighted by Crippen LogP contribution is 2.24. The van der Waals surface area contributed by atoms with E-state index in [-0.39, 0.29) is 0 Å². The van der Waals surface area contributed by atoms with Gasteiger partial charge >= 0.3 is 0 Å². The van der Waals surface area contributed by atoms with E-state index in [0.29, 0.717) is 31.4 Å². The molecule has 0 aliphatic heterocycles. The SMILES string of the molecule is COCCOCCc1nc(Cl)c2c(n1)CCCCC2. The third-order valence-corrected chi connectivity index (χ3v) is 3.64. The van der Waals surface area contributed by atoms with E-state index in [4.69, 9.17) is 21.1 Å². The van der Waals surface area contributed by atoms with Crippen molar-refractivity contribution in [3.63, 3.8) is 0 Å². The molecule has 0 atom stereocenters. The van der Waals surface area contributed by atoms with Crippen LogP contribution in [0.1, 0.15) is 36.3 Å². The highest BCUT2D eigenvalue weighted by atomic mass is 35.5. The van der Waals surface area contributed by atoms with E-state index in [1.807, 2.05) is 0 Å². The van der Waals surface area contributed by atoms with Crippen molar-refractivity contribution in [3.8, 4) is 0 Å². The van der Waals surface area contributed by atoms with Crippen LogP contribution in [0, 0.1) is 0 Å². The fraction of sp³-hybridized carbons (Fsp3) is 0.714. The van der Waals surface area contributed by atoms with Gasteiger partial charge in [-0.25, -0.2) is 9.97 Å². The fourth-order valence-corrected chi connectivity index (χ4v) is 2.59. The fourth-order valence-electron chi connectivity index (χ4n) is 2.29. The summed E-state index contributed by atoms with van der Waals surface area (Å²) in [6.45, 7) is 1.83. The summed E-state index contributed by atoms with van der Waals surface area (Å²) < 4.78 is 10.4. The first kappa shape index (κ1) is 14.7. The lowest BCUT2D eigenvalue weighted by Crippen LogP contribution is -2.09. The molecular weight excluding hydrogens is 264 g/mol. The Morgan fingerprint density at radius 2 is 1.89 bits per heavy atom. The molecule has 1 aliphatic rings. The lowest BCUT2D eigenvalue weighted by molar-refractivity contribution is 0.0716. The van der Waals surface area contributed by atoms with Gasteiger partial charge in [0.05, 0.1) is 19.8 Å². The number of aryl methyl sites for hydroxylation is 1. The van der Waals surface area contributed by atoms with Crippen LogP contribution < -0.4 is 0 Å². The normalized spacial score (nSPS) is 15.1. The van der Waals surface area contributed by atoms with Crippen molar-refractivity contribution in [2.75, 3.05) is 26.9 Å². The van der Waals surface area contributed by atoms with Gasteiger partial charge in [0.25, 0.3) is 0 Å². The summed E-state index contributed by atoms with van der Waals surface area (Å²) in [5.74, 6) is 0.795. The first-order valence-electron chi connectivity index (χ1n) is 6.92. The number of fused-ring (bicyclic) bond motifs is 1. The summed E-state index contributed by atoms with van der Waals surface area (Å²) in [6.07, 6.45) is 6.38. The summed E-state index contributed by atoms with van der Waals surface area (Å²) in [5.41, 5.74) is 2.30. The Balaban J connectivity index is 1.94. The molecule has 0 saturated heterocycles. The first-order chi connectivity index (χ1) is 9.31. The molecule has 19 heavy (non-hydrogen) atoms. The maximum absolute atomic E-state index is 6.27. The van der Waals surface area contributed by atoms with Crippen molar-refractivity contribution >= 4 is 11.6 Å². The summed E-state index contributed by atoms with van der Waals surface area (Å²) >= 11 is 6.27. The second-order valence-corrected chi connectivity index (χ2v) is 5.13. The van der Waals surface area contributed by atoms with Gasteiger partial charge in [0.1, 0.15) is 11.0 Å². The van der Waals surface area contributed by atoms with Crippen LogP contribution in [-0.4, -0.2) is 36.9 Å². The summed E-state index contributed by atoms with van der Waals surface area (Å²) in [6, 6.07) is 0. The Hall–Kier alpha value is -0.710. The molecule has 1 aromatic rings. The van der Waals surface area contributed by atoms with Crippen LogP contribution in [0.2, 0.25) is 5.15 Å². The van der Waals surface area contributed by atoms with Gasteiger partial charge in [-0.1, -0.05) is 18.0 Å². The lowest BCUT2D eigenvalue weighted by atomic mass is 10.1. The van der Waals surface area contributed by atoms with Crippen molar-refractivity contribution < 1.29 is 9.47 Å². The zero-order valence-corrected chi connectivity index (χ0v) is 12.2. The number of ether oxygens (including phenoxy) is 2. The third-order valence-electron chi connectivity index (χ3n) is 3.33. The minimum absolute atomic E-state index is 0.606. The molecule has 1 heterocycles. The number of rotatable bonds is 6. The van der Waals surface area contributed by atoms with Gasteiger partial charge < -0.3 is 9.47 Å². The molecule has 1 aliphatic carbocycles. The Morgan fingerprint density at radius 1 is 1.05 bits per heavy atom. The molecule has 2 rings (SSSR count). The predicted octanol–water partition coefficient (Wildman–Crippen LogP) is 2.60. The average molecular weight is 285 g/mol. The minimum atomic E-state index is 0.606. The molecular formula is C14H21ClN2O2. The number of hydrogen-bond donors (Lipinski definition) is 0. The van der Waals surface area contributed by atoms with Crippen molar-refractivity contribution in [1.82, 2.24) is 9.97 Å². The van der Waals surface area contributed by atoms with E-state index in [9.17, 15) is 0 Å². The van der Waals surface area contributed by atoms with Crippen LogP contribution in [0.5, 0.6) is 0 Å². The maximum atomic E-state index is 6.27. The van der Waals surface area contributed by atoms with Gasteiger partial charge in [-0.2, -0.15) is 0 Å². The largest absolute Gasteiger partial charge is 0.382 e. The van der Waals surface area contributed by atoms with Crippen LogP contribution >= 0.6 is 11.6 Å². The molecule has 0 fully saturated rings. The van der Waals surface area contributed by atoms with Crippen LogP contribution in [0.4, 0.5) is 0 Å². The molecule has 4 nitrogen and oxygen atoms in total. The zero-order chi connectivity index (χ0) is 13.5. The molecule has 5 heteroatoms. The topological polar surface area (TPSA) is 44.2 Å². The van der Waals surface area contributed by atoms with Gasteiger partial charge in [-0.3, -0.25) is 0 Å². The monoisotopic (exact) mass is 284 g/mol. The highest BCUT2D eigenvalue weighted by Gasteiger charge is 2.15. The molecule has 0 radical (unpaired) electrons. The van der Waals surface area contributed by atoms with Gasteiger partial charge in [0.2, 0.25) is 0 Å². The number of aromatic nitrogens is 2. The number of nitrogens with zero attached hydrogens (tertiary/aromatic N) is 2. The molecule has 0 spiro atoms. The van der Waals surface area contributed by atoms with Crippen LogP contribution in [0.3, 0.4) is 0 Å². The van der Waals surface area contributed by atoms with E-state index >= 15 is 0 Å². The van der Waals surface area contributed by atoms with Crippen molar-refractivity contribution in [2.45, 2.75) is 38.5 Å². The van der Waals surface area contributed by atoms with E-state index in [2.05, 4.69) is 9.97 Å². The van der Waals surface area contributed by atoms with Gasteiger partial charge in [0.15, 0.2) is 0 Å². The second-order valence-electron chi connectivity index (χ2n) is 4.77. The smallest absolute Gasteiger partial charge is 0.136 e. The average Bonchev–Trinajstić information content (AvgIpc) is 2.64. The van der Waals surface area contributed by atoms with Gasteiger partial charge in [-0.15, -0.1) is 0 Å². The lowest BCUT2D eigenvalue weighted by Gasteiger charge is -2.09. The molecule has 0 aromatic carbocycles. The summed E-state index contributed by atoms with van der Waals surface area (Å²) in [7, 11) is 1.67. The molecule has 0 N–H and O–H groups in total. The Bertz CT molecular complexity index is 413. The van der Waals surface area contributed by atoms with E-state index in [0.717, 1.165) is 29.9 Å². The third kappa shape index (κ3) is 4.41. The quantitative estimate of drug-likeness (QED) is 0.458. The Kier molecular flexibility index (Phi) is 6.01.